The molecule has 0 saturated heterocycles. The molecule has 0 aliphatic rings. The Morgan fingerprint density at radius 3 is 2.63 bits per heavy atom. The average molecular weight is 258 g/mol. The molecule has 0 aromatic carbocycles. The molecule has 0 aliphatic heterocycles. The highest BCUT2D eigenvalue weighted by Crippen LogP contribution is 2.25. The van der Waals surface area contributed by atoms with Crippen LogP contribution in [0.15, 0.2) is 36.9 Å². The van der Waals surface area contributed by atoms with Crippen molar-refractivity contribution in [1.82, 2.24) is 15.0 Å². The van der Waals surface area contributed by atoms with Gasteiger partial charge in [-0.2, -0.15) is 0 Å². The number of pyridine rings is 1. The number of hydrogen-bond donors (Lipinski definition) is 1. The summed E-state index contributed by atoms with van der Waals surface area (Å²) >= 11 is 0. The second-order valence-electron chi connectivity index (χ2n) is 4.52. The quantitative estimate of drug-likeness (QED) is 0.893. The second kappa shape index (κ2) is 6.13. The van der Waals surface area contributed by atoms with E-state index in [9.17, 15) is 0 Å². The fraction of sp³-hybridized carbons (Fsp3) is 0.357. The molecule has 2 rings (SSSR count). The second-order valence-corrected chi connectivity index (χ2v) is 4.52. The van der Waals surface area contributed by atoms with Crippen molar-refractivity contribution >= 4 is 5.69 Å². The first-order valence-corrected chi connectivity index (χ1v) is 6.31. The van der Waals surface area contributed by atoms with Crippen LogP contribution in [0.3, 0.4) is 0 Å². The van der Waals surface area contributed by atoms with Crippen LogP contribution >= 0.6 is 0 Å². The van der Waals surface area contributed by atoms with E-state index in [1.165, 1.54) is 0 Å². The molecule has 0 fully saturated rings. The zero-order valence-corrected chi connectivity index (χ0v) is 11.4. The monoisotopic (exact) mass is 258 g/mol. The Morgan fingerprint density at radius 2 is 1.95 bits per heavy atom. The molecule has 2 aromatic heterocycles. The predicted molar refractivity (Wildman–Crippen MR) is 74.1 cm³/mol. The molecule has 1 unspecified atom stereocenters. The number of hydrogen-bond acceptors (Lipinski definition) is 5. The Kier molecular flexibility index (Phi) is 4.28. The van der Waals surface area contributed by atoms with Crippen molar-refractivity contribution in [2.45, 2.75) is 32.9 Å². The standard InChI is InChI=1S/C14H18N4O/c1-10(2)19-14-12(5-4-6-17-14)18-11(3)13-9-15-7-8-16-13/h4-11,18H,1-3H3. The van der Waals surface area contributed by atoms with Crippen molar-refractivity contribution < 1.29 is 4.74 Å². The van der Waals surface area contributed by atoms with Gasteiger partial charge in [0.25, 0.3) is 0 Å². The molecule has 1 atom stereocenters. The smallest absolute Gasteiger partial charge is 0.237 e. The molecule has 5 heteroatoms. The predicted octanol–water partition coefficient (Wildman–Crippen LogP) is 2.83. The fourth-order valence-corrected chi connectivity index (χ4v) is 1.66. The number of anilines is 1. The van der Waals surface area contributed by atoms with Crippen molar-refractivity contribution in [2.75, 3.05) is 5.32 Å². The number of nitrogens with one attached hydrogen (secondary N) is 1. The van der Waals surface area contributed by atoms with Gasteiger partial charge in [0.15, 0.2) is 0 Å². The van der Waals surface area contributed by atoms with Crippen molar-refractivity contribution in [2.24, 2.45) is 0 Å². The molecule has 100 valence electrons. The molecule has 2 heterocycles. The number of nitrogens with zero attached hydrogens (tertiary/aromatic N) is 3. The van der Waals surface area contributed by atoms with Crippen LogP contribution in [-0.2, 0) is 0 Å². The van der Waals surface area contributed by atoms with Crippen LogP contribution in [-0.4, -0.2) is 21.1 Å². The highest BCUT2D eigenvalue weighted by atomic mass is 16.5. The first-order chi connectivity index (χ1) is 9.16. The summed E-state index contributed by atoms with van der Waals surface area (Å²) < 4.78 is 5.67. The summed E-state index contributed by atoms with van der Waals surface area (Å²) in [6, 6.07) is 3.85. The molecular formula is C14H18N4O. The summed E-state index contributed by atoms with van der Waals surface area (Å²) in [5.74, 6) is 0.605. The third kappa shape index (κ3) is 3.64. The van der Waals surface area contributed by atoms with Crippen molar-refractivity contribution in [1.29, 1.82) is 0 Å². The van der Waals surface area contributed by atoms with Crippen LogP contribution in [0.25, 0.3) is 0 Å². The lowest BCUT2D eigenvalue weighted by Gasteiger charge is -2.18. The Morgan fingerprint density at radius 1 is 1.11 bits per heavy atom. The van der Waals surface area contributed by atoms with Crippen LogP contribution in [0.2, 0.25) is 0 Å². The highest BCUT2D eigenvalue weighted by Gasteiger charge is 2.11. The third-order valence-electron chi connectivity index (χ3n) is 2.52. The van der Waals surface area contributed by atoms with Crippen LogP contribution in [0, 0.1) is 0 Å². The van der Waals surface area contributed by atoms with Gasteiger partial charge in [0.05, 0.1) is 29.7 Å². The minimum atomic E-state index is 0.0346. The Balaban J connectivity index is 2.15. The van der Waals surface area contributed by atoms with Crippen molar-refractivity contribution in [3.63, 3.8) is 0 Å². The SMILES string of the molecule is CC(C)Oc1ncccc1NC(C)c1cnccn1. The molecule has 0 aliphatic carbocycles. The molecule has 0 amide bonds. The summed E-state index contributed by atoms with van der Waals surface area (Å²) in [6.45, 7) is 5.98. The minimum Gasteiger partial charge on any atom is -0.473 e. The third-order valence-corrected chi connectivity index (χ3v) is 2.52. The number of ether oxygens (including phenoxy) is 1. The van der Waals surface area contributed by atoms with E-state index in [1.54, 1.807) is 24.8 Å². The summed E-state index contributed by atoms with van der Waals surface area (Å²) in [7, 11) is 0. The van der Waals surface area contributed by atoms with E-state index < -0.39 is 0 Å². The molecule has 5 nitrogen and oxygen atoms in total. The topological polar surface area (TPSA) is 59.9 Å². The lowest BCUT2D eigenvalue weighted by Crippen LogP contribution is -2.13. The molecule has 0 saturated carbocycles. The number of rotatable bonds is 5. The van der Waals surface area contributed by atoms with E-state index in [1.807, 2.05) is 32.9 Å². The summed E-state index contributed by atoms with van der Waals surface area (Å²) in [5.41, 5.74) is 1.73. The zero-order chi connectivity index (χ0) is 13.7. The van der Waals surface area contributed by atoms with Crippen LogP contribution in [0.5, 0.6) is 5.88 Å². The Hall–Kier alpha value is -2.17. The van der Waals surface area contributed by atoms with Gasteiger partial charge in [-0.25, -0.2) is 4.98 Å². The fourth-order valence-electron chi connectivity index (χ4n) is 1.66. The first-order valence-electron chi connectivity index (χ1n) is 6.31. The van der Waals surface area contributed by atoms with Gasteiger partial charge in [-0.1, -0.05) is 0 Å². The Labute approximate surface area is 113 Å². The largest absolute Gasteiger partial charge is 0.473 e. The summed E-state index contributed by atoms with van der Waals surface area (Å²) in [6.07, 6.45) is 6.89. The van der Waals surface area contributed by atoms with E-state index in [0.29, 0.717) is 5.88 Å². The number of aromatic nitrogens is 3. The van der Waals surface area contributed by atoms with Crippen LogP contribution in [0.4, 0.5) is 5.69 Å². The molecule has 2 aromatic rings. The molecule has 0 spiro atoms. The highest BCUT2D eigenvalue weighted by molar-refractivity contribution is 5.53. The summed E-state index contributed by atoms with van der Waals surface area (Å²) in [5, 5.41) is 3.34. The minimum absolute atomic E-state index is 0.0346. The van der Waals surface area contributed by atoms with Gasteiger partial charge in [0.1, 0.15) is 0 Å². The first kappa shape index (κ1) is 13.3. The Bertz CT molecular complexity index is 516. The van der Waals surface area contributed by atoms with Gasteiger partial charge in [-0.3, -0.25) is 9.97 Å². The van der Waals surface area contributed by atoms with E-state index in [4.69, 9.17) is 4.74 Å². The zero-order valence-electron chi connectivity index (χ0n) is 11.4. The van der Waals surface area contributed by atoms with Gasteiger partial charge in [-0.05, 0) is 32.9 Å². The summed E-state index contributed by atoms with van der Waals surface area (Å²) in [4.78, 5) is 12.6. The lowest BCUT2D eigenvalue weighted by molar-refractivity contribution is 0.234. The average Bonchev–Trinajstić information content (AvgIpc) is 2.41. The van der Waals surface area contributed by atoms with Gasteiger partial charge in [0, 0.05) is 18.6 Å². The maximum Gasteiger partial charge on any atom is 0.237 e. The van der Waals surface area contributed by atoms with E-state index in [-0.39, 0.29) is 12.1 Å². The van der Waals surface area contributed by atoms with E-state index >= 15 is 0 Å². The normalized spacial score (nSPS) is 12.2. The van der Waals surface area contributed by atoms with Gasteiger partial charge >= 0.3 is 0 Å². The van der Waals surface area contributed by atoms with Crippen molar-refractivity contribution in [3.8, 4) is 5.88 Å². The molecule has 0 radical (unpaired) electrons. The van der Waals surface area contributed by atoms with Gasteiger partial charge in [-0.15, -0.1) is 0 Å². The van der Waals surface area contributed by atoms with Gasteiger partial charge in [0.2, 0.25) is 5.88 Å². The molecule has 19 heavy (non-hydrogen) atoms. The van der Waals surface area contributed by atoms with Crippen LogP contribution in [0.1, 0.15) is 32.5 Å². The molecular weight excluding hydrogens is 240 g/mol. The van der Waals surface area contributed by atoms with E-state index in [2.05, 4.69) is 20.3 Å². The maximum absolute atomic E-state index is 5.67. The van der Waals surface area contributed by atoms with Crippen LogP contribution < -0.4 is 10.1 Å². The molecule has 0 bridgehead atoms. The maximum atomic E-state index is 5.67. The van der Waals surface area contributed by atoms with Crippen molar-refractivity contribution in [3.05, 3.63) is 42.6 Å². The lowest BCUT2D eigenvalue weighted by atomic mass is 10.2. The molecule has 1 N–H and O–H groups in total. The van der Waals surface area contributed by atoms with Gasteiger partial charge < -0.3 is 10.1 Å². The van der Waals surface area contributed by atoms with E-state index in [0.717, 1.165) is 11.4 Å².